The maximum Gasteiger partial charge on any atom is 0.298 e. The van der Waals surface area contributed by atoms with Crippen LogP contribution < -0.4 is 19.1 Å². The Morgan fingerprint density at radius 3 is 2.77 bits per heavy atom. The summed E-state index contributed by atoms with van der Waals surface area (Å²) in [5, 5.41) is 0. The zero-order valence-electron chi connectivity index (χ0n) is 17.4. The molecule has 0 spiro atoms. The average Bonchev–Trinajstić information content (AvgIpc) is 3.23. The summed E-state index contributed by atoms with van der Waals surface area (Å²) in [5.41, 5.74) is 1.76. The van der Waals surface area contributed by atoms with Gasteiger partial charge in [-0.1, -0.05) is 18.2 Å². The number of oxazole rings is 1. The van der Waals surface area contributed by atoms with Crippen molar-refractivity contribution < 1.29 is 18.6 Å². The second-order valence-electron chi connectivity index (χ2n) is 8.01. The summed E-state index contributed by atoms with van der Waals surface area (Å²) in [6.07, 6.45) is 2.07. The van der Waals surface area contributed by atoms with Crippen LogP contribution in [0.5, 0.6) is 17.2 Å². The first-order valence-corrected chi connectivity index (χ1v) is 10.5. The molecule has 2 aliphatic heterocycles. The van der Waals surface area contributed by atoms with E-state index in [4.69, 9.17) is 18.6 Å². The molecule has 1 atom stereocenters. The maximum absolute atomic E-state index is 6.22. The molecule has 158 valence electrons. The van der Waals surface area contributed by atoms with Gasteiger partial charge in [0, 0.05) is 19.6 Å². The SMILES string of the molecule is COc1cccc2c1OC(N(C)CC1CCN(c3nc4ccccc4o3)CC1)CO2. The van der Waals surface area contributed by atoms with Crippen LogP contribution in [-0.4, -0.2) is 56.5 Å². The molecule has 7 nitrogen and oxygen atoms in total. The molecular formula is C23H27N3O4. The third-order valence-corrected chi connectivity index (χ3v) is 6.00. The van der Waals surface area contributed by atoms with E-state index in [1.165, 1.54) is 0 Å². The fraction of sp³-hybridized carbons (Fsp3) is 0.435. The predicted molar refractivity (Wildman–Crippen MR) is 114 cm³/mol. The topological polar surface area (TPSA) is 60.2 Å². The van der Waals surface area contributed by atoms with Gasteiger partial charge in [-0.15, -0.1) is 0 Å². The van der Waals surface area contributed by atoms with E-state index in [0.29, 0.717) is 24.0 Å². The highest BCUT2D eigenvalue weighted by Crippen LogP contribution is 2.40. The van der Waals surface area contributed by atoms with E-state index in [1.54, 1.807) is 7.11 Å². The molecule has 3 aromatic rings. The molecule has 1 unspecified atom stereocenters. The molecule has 30 heavy (non-hydrogen) atoms. The molecule has 2 aromatic carbocycles. The minimum absolute atomic E-state index is 0.121. The largest absolute Gasteiger partial charge is 0.493 e. The van der Waals surface area contributed by atoms with Crippen molar-refractivity contribution in [2.45, 2.75) is 19.1 Å². The van der Waals surface area contributed by atoms with E-state index >= 15 is 0 Å². The molecule has 2 aliphatic rings. The van der Waals surface area contributed by atoms with Crippen LogP contribution in [0.1, 0.15) is 12.8 Å². The second kappa shape index (κ2) is 8.07. The minimum atomic E-state index is -0.121. The fourth-order valence-electron chi connectivity index (χ4n) is 4.26. The number of anilines is 1. The number of fused-ring (bicyclic) bond motifs is 2. The van der Waals surface area contributed by atoms with Gasteiger partial charge in [-0.05, 0) is 50.1 Å². The van der Waals surface area contributed by atoms with Gasteiger partial charge >= 0.3 is 0 Å². The van der Waals surface area contributed by atoms with Crippen LogP contribution in [0.2, 0.25) is 0 Å². The second-order valence-corrected chi connectivity index (χ2v) is 8.01. The highest BCUT2D eigenvalue weighted by atomic mass is 16.6. The molecule has 1 saturated heterocycles. The Labute approximate surface area is 176 Å². The van der Waals surface area contributed by atoms with Crippen molar-refractivity contribution in [2.24, 2.45) is 5.92 Å². The number of aromatic nitrogens is 1. The molecular weight excluding hydrogens is 382 g/mol. The number of piperidine rings is 1. The van der Waals surface area contributed by atoms with E-state index in [0.717, 1.165) is 55.3 Å². The van der Waals surface area contributed by atoms with Gasteiger partial charge in [0.25, 0.3) is 6.01 Å². The Morgan fingerprint density at radius 1 is 1.13 bits per heavy atom. The van der Waals surface area contributed by atoms with Crippen LogP contribution in [-0.2, 0) is 0 Å². The smallest absolute Gasteiger partial charge is 0.298 e. The summed E-state index contributed by atoms with van der Waals surface area (Å²) in [4.78, 5) is 9.13. The summed E-state index contributed by atoms with van der Waals surface area (Å²) in [6.45, 7) is 3.37. The van der Waals surface area contributed by atoms with E-state index < -0.39 is 0 Å². The first kappa shape index (κ1) is 19.1. The molecule has 5 rings (SSSR count). The predicted octanol–water partition coefficient (Wildman–Crippen LogP) is 3.78. The number of rotatable bonds is 5. The lowest BCUT2D eigenvalue weighted by Crippen LogP contribution is -2.47. The maximum atomic E-state index is 6.22. The Hall–Kier alpha value is -2.93. The van der Waals surface area contributed by atoms with Crippen molar-refractivity contribution in [3.05, 3.63) is 42.5 Å². The Bertz CT molecular complexity index is 965. The standard InChI is InChI=1S/C23H27N3O4/c1-25(21-15-28-20-9-5-8-19(27-2)22(20)30-21)14-16-10-12-26(13-11-16)23-24-17-6-3-4-7-18(17)29-23/h3-9,16,21H,10-15H2,1-2H3. The van der Waals surface area contributed by atoms with Gasteiger partial charge in [0.2, 0.25) is 5.75 Å². The summed E-state index contributed by atoms with van der Waals surface area (Å²) in [6, 6.07) is 14.4. The third kappa shape index (κ3) is 3.65. The summed E-state index contributed by atoms with van der Waals surface area (Å²) >= 11 is 0. The van der Waals surface area contributed by atoms with Crippen LogP contribution in [0.3, 0.4) is 0 Å². The first-order valence-electron chi connectivity index (χ1n) is 10.5. The van der Waals surface area contributed by atoms with Crippen LogP contribution in [0.4, 0.5) is 6.01 Å². The molecule has 1 fully saturated rings. The van der Waals surface area contributed by atoms with Crippen molar-refractivity contribution >= 4 is 17.1 Å². The highest BCUT2D eigenvalue weighted by molar-refractivity contribution is 5.74. The van der Waals surface area contributed by atoms with Crippen molar-refractivity contribution in [3.63, 3.8) is 0 Å². The van der Waals surface area contributed by atoms with Crippen LogP contribution in [0.25, 0.3) is 11.1 Å². The Morgan fingerprint density at radius 2 is 1.97 bits per heavy atom. The number of ether oxygens (including phenoxy) is 3. The van der Waals surface area contributed by atoms with Crippen LogP contribution in [0.15, 0.2) is 46.9 Å². The molecule has 0 N–H and O–H groups in total. The fourth-order valence-corrected chi connectivity index (χ4v) is 4.26. The molecule has 0 saturated carbocycles. The number of methoxy groups -OCH3 is 1. The zero-order valence-corrected chi connectivity index (χ0v) is 17.4. The number of nitrogens with zero attached hydrogens (tertiary/aromatic N) is 3. The van der Waals surface area contributed by atoms with Gasteiger partial charge in [0.1, 0.15) is 12.1 Å². The minimum Gasteiger partial charge on any atom is -0.493 e. The molecule has 1 aromatic heterocycles. The normalized spacial score (nSPS) is 19.4. The van der Waals surface area contributed by atoms with Gasteiger partial charge in [-0.3, -0.25) is 4.90 Å². The van der Waals surface area contributed by atoms with E-state index in [1.807, 2.05) is 42.5 Å². The first-order chi connectivity index (χ1) is 14.7. The number of hydrogen-bond donors (Lipinski definition) is 0. The molecule has 0 bridgehead atoms. The lowest BCUT2D eigenvalue weighted by atomic mass is 9.96. The van der Waals surface area contributed by atoms with Gasteiger partial charge < -0.3 is 23.5 Å². The van der Waals surface area contributed by atoms with Crippen molar-refractivity contribution in [2.75, 3.05) is 45.3 Å². The Balaban J connectivity index is 1.17. The molecule has 0 amide bonds. The molecule has 0 aliphatic carbocycles. The van der Waals surface area contributed by atoms with E-state index in [9.17, 15) is 0 Å². The van der Waals surface area contributed by atoms with Gasteiger partial charge in [-0.25, -0.2) is 0 Å². The number of likely N-dealkylation sites (N-methyl/N-ethyl adjacent to an activating group) is 1. The van der Waals surface area contributed by atoms with Crippen molar-refractivity contribution in [1.29, 1.82) is 0 Å². The van der Waals surface area contributed by atoms with Crippen molar-refractivity contribution in [3.8, 4) is 17.2 Å². The van der Waals surface area contributed by atoms with Crippen LogP contribution in [0, 0.1) is 5.92 Å². The molecule has 3 heterocycles. The quantitative estimate of drug-likeness (QED) is 0.635. The van der Waals surface area contributed by atoms with Gasteiger partial charge in [0.05, 0.1) is 7.11 Å². The van der Waals surface area contributed by atoms with Crippen molar-refractivity contribution in [1.82, 2.24) is 9.88 Å². The molecule has 7 heteroatoms. The molecule has 0 radical (unpaired) electrons. The summed E-state index contributed by atoms with van der Waals surface area (Å²) in [7, 11) is 3.75. The number of hydrogen-bond acceptors (Lipinski definition) is 7. The lowest BCUT2D eigenvalue weighted by Gasteiger charge is -2.37. The number of benzene rings is 2. The highest BCUT2D eigenvalue weighted by Gasteiger charge is 2.30. The summed E-state index contributed by atoms with van der Waals surface area (Å²) in [5.74, 6) is 2.73. The third-order valence-electron chi connectivity index (χ3n) is 6.00. The Kier molecular flexibility index (Phi) is 5.12. The van der Waals surface area contributed by atoms with Gasteiger partial charge in [0.15, 0.2) is 23.3 Å². The summed E-state index contributed by atoms with van der Waals surface area (Å²) < 4.78 is 23.5. The van der Waals surface area contributed by atoms with E-state index in [2.05, 4.69) is 21.8 Å². The zero-order chi connectivity index (χ0) is 20.5. The average molecular weight is 409 g/mol. The monoisotopic (exact) mass is 409 g/mol. The van der Waals surface area contributed by atoms with E-state index in [-0.39, 0.29) is 6.23 Å². The lowest BCUT2D eigenvalue weighted by molar-refractivity contribution is -0.0250. The number of para-hydroxylation sites is 3. The van der Waals surface area contributed by atoms with Gasteiger partial charge in [-0.2, -0.15) is 4.98 Å². The van der Waals surface area contributed by atoms with Crippen LogP contribution >= 0.6 is 0 Å².